The third-order valence-electron chi connectivity index (χ3n) is 4.05. The van der Waals surface area contributed by atoms with Crippen LogP contribution in [0.5, 0.6) is 11.5 Å². The number of methoxy groups -OCH3 is 1. The van der Waals surface area contributed by atoms with E-state index in [9.17, 15) is 8.42 Å². The molecule has 2 N–H and O–H groups in total. The average Bonchev–Trinajstić information content (AvgIpc) is 2.70. The third-order valence-corrected chi connectivity index (χ3v) is 5.18. The van der Waals surface area contributed by atoms with Crippen molar-refractivity contribution in [2.75, 3.05) is 26.5 Å². The van der Waals surface area contributed by atoms with Crippen LogP contribution in [0.2, 0.25) is 0 Å². The average molecular weight is 547 g/mol. The first kappa shape index (κ1) is 26.0. The zero-order valence-electron chi connectivity index (χ0n) is 17.7. The van der Waals surface area contributed by atoms with Crippen LogP contribution in [0.3, 0.4) is 0 Å². The number of nitrogens with one attached hydrogen (secondary N) is 2. The fraction of sp³-hybridized carbons (Fsp3) is 0.381. The molecule has 166 valence electrons. The minimum absolute atomic E-state index is 0. The number of benzene rings is 2. The number of rotatable bonds is 9. The van der Waals surface area contributed by atoms with Crippen LogP contribution < -0.4 is 20.1 Å². The molecule has 0 spiro atoms. The molecule has 0 saturated heterocycles. The molecule has 0 saturated carbocycles. The standard InChI is InChI=1S/C21H29N3O4S.HI/c1-5-22-21(24-15-17-9-11-20(12-10-17)29(4,25)26)23-14-16(2)28-19-8-6-7-18(13-19)27-3;/h6-13,16H,5,14-15H2,1-4H3,(H2,22,23,24);1H. The highest BCUT2D eigenvalue weighted by Crippen LogP contribution is 2.19. The van der Waals surface area contributed by atoms with E-state index in [1.54, 1.807) is 31.4 Å². The number of halogens is 1. The first-order valence-corrected chi connectivity index (χ1v) is 11.3. The molecule has 0 heterocycles. The normalized spacial score (nSPS) is 12.5. The zero-order chi connectivity index (χ0) is 21.3. The van der Waals surface area contributed by atoms with Crippen LogP contribution in [0.4, 0.5) is 0 Å². The maximum Gasteiger partial charge on any atom is 0.191 e. The van der Waals surface area contributed by atoms with Crippen LogP contribution >= 0.6 is 24.0 Å². The summed E-state index contributed by atoms with van der Waals surface area (Å²) < 4.78 is 34.2. The number of sulfone groups is 1. The van der Waals surface area contributed by atoms with Gasteiger partial charge in [0.15, 0.2) is 15.8 Å². The Morgan fingerprint density at radius 2 is 1.77 bits per heavy atom. The van der Waals surface area contributed by atoms with E-state index in [2.05, 4.69) is 15.6 Å². The number of nitrogens with zero attached hydrogens (tertiary/aromatic N) is 1. The highest BCUT2D eigenvalue weighted by molar-refractivity contribution is 14.0. The first-order chi connectivity index (χ1) is 13.8. The molecule has 9 heteroatoms. The molecule has 0 fully saturated rings. The SMILES string of the molecule is CCNC(=NCc1ccc(S(C)(=O)=O)cc1)NCC(C)Oc1cccc(OC)c1.I. The van der Waals surface area contributed by atoms with Gasteiger partial charge in [-0.2, -0.15) is 0 Å². The minimum atomic E-state index is -3.19. The second kappa shape index (κ2) is 12.6. The molecule has 0 aliphatic carbocycles. The van der Waals surface area contributed by atoms with Crippen LogP contribution in [-0.4, -0.2) is 46.9 Å². The highest BCUT2D eigenvalue weighted by Gasteiger charge is 2.08. The molecule has 2 rings (SSSR count). The molecule has 0 radical (unpaired) electrons. The summed E-state index contributed by atoms with van der Waals surface area (Å²) in [6.07, 6.45) is 1.11. The van der Waals surface area contributed by atoms with Gasteiger partial charge in [0.25, 0.3) is 0 Å². The smallest absolute Gasteiger partial charge is 0.191 e. The lowest BCUT2D eigenvalue weighted by atomic mass is 10.2. The number of guanidine groups is 1. The summed E-state index contributed by atoms with van der Waals surface area (Å²) in [5.74, 6) is 2.16. The maximum atomic E-state index is 11.5. The molecule has 0 aliphatic rings. The minimum Gasteiger partial charge on any atom is -0.497 e. The molecule has 0 aromatic heterocycles. The Kier molecular flexibility index (Phi) is 11.0. The van der Waals surface area contributed by atoms with Crippen molar-refractivity contribution in [3.05, 3.63) is 54.1 Å². The summed E-state index contributed by atoms with van der Waals surface area (Å²) in [7, 11) is -1.57. The molecule has 2 aromatic carbocycles. The van der Waals surface area contributed by atoms with Crippen LogP contribution in [0.1, 0.15) is 19.4 Å². The molecule has 7 nitrogen and oxygen atoms in total. The van der Waals surface area contributed by atoms with Gasteiger partial charge in [0.2, 0.25) is 0 Å². The Bertz CT molecular complexity index is 918. The van der Waals surface area contributed by atoms with Gasteiger partial charge in [-0.05, 0) is 43.7 Å². The second-order valence-corrected chi connectivity index (χ2v) is 8.62. The molecular formula is C21H30IN3O4S. The van der Waals surface area contributed by atoms with Gasteiger partial charge >= 0.3 is 0 Å². The van der Waals surface area contributed by atoms with E-state index in [0.29, 0.717) is 23.9 Å². The third kappa shape index (κ3) is 8.78. The van der Waals surface area contributed by atoms with Crippen LogP contribution in [0.15, 0.2) is 58.4 Å². The van der Waals surface area contributed by atoms with Crippen molar-refractivity contribution < 1.29 is 17.9 Å². The zero-order valence-corrected chi connectivity index (χ0v) is 20.9. The number of hydrogen-bond donors (Lipinski definition) is 2. The lowest BCUT2D eigenvalue weighted by molar-refractivity contribution is 0.223. The Hall–Kier alpha value is -2.01. The summed E-state index contributed by atoms with van der Waals surface area (Å²) >= 11 is 0. The van der Waals surface area contributed by atoms with Crippen molar-refractivity contribution in [3.8, 4) is 11.5 Å². The molecule has 2 aromatic rings. The van der Waals surface area contributed by atoms with Gasteiger partial charge in [-0.15, -0.1) is 24.0 Å². The summed E-state index contributed by atoms with van der Waals surface area (Å²) in [6.45, 7) is 5.69. The van der Waals surface area contributed by atoms with Crippen molar-refractivity contribution in [1.82, 2.24) is 10.6 Å². The van der Waals surface area contributed by atoms with E-state index in [-0.39, 0.29) is 30.1 Å². The summed E-state index contributed by atoms with van der Waals surface area (Å²) in [4.78, 5) is 4.86. The largest absolute Gasteiger partial charge is 0.497 e. The van der Waals surface area contributed by atoms with Gasteiger partial charge in [-0.3, -0.25) is 0 Å². The van der Waals surface area contributed by atoms with E-state index in [1.165, 1.54) is 6.26 Å². The molecule has 0 bridgehead atoms. The Labute approximate surface area is 196 Å². The van der Waals surface area contributed by atoms with Crippen molar-refractivity contribution in [3.63, 3.8) is 0 Å². The van der Waals surface area contributed by atoms with Gasteiger partial charge in [-0.25, -0.2) is 13.4 Å². The van der Waals surface area contributed by atoms with Gasteiger partial charge in [0, 0.05) is 18.9 Å². The summed E-state index contributed by atoms with van der Waals surface area (Å²) in [5.41, 5.74) is 0.926. The van der Waals surface area contributed by atoms with E-state index < -0.39 is 9.84 Å². The molecule has 30 heavy (non-hydrogen) atoms. The fourth-order valence-electron chi connectivity index (χ4n) is 2.54. The summed E-state index contributed by atoms with van der Waals surface area (Å²) in [5, 5.41) is 6.46. The Balaban J connectivity index is 0.00000450. The monoisotopic (exact) mass is 547 g/mol. The van der Waals surface area contributed by atoms with Gasteiger partial charge in [0.05, 0.1) is 25.1 Å². The van der Waals surface area contributed by atoms with Crippen LogP contribution in [-0.2, 0) is 16.4 Å². The molecule has 0 aliphatic heterocycles. The molecule has 1 unspecified atom stereocenters. The first-order valence-electron chi connectivity index (χ1n) is 9.43. The number of ether oxygens (including phenoxy) is 2. The van der Waals surface area contributed by atoms with Crippen LogP contribution in [0.25, 0.3) is 0 Å². The number of aliphatic imine (C=N–C) groups is 1. The Morgan fingerprint density at radius 3 is 2.37 bits per heavy atom. The predicted molar refractivity (Wildman–Crippen MR) is 131 cm³/mol. The predicted octanol–water partition coefficient (Wildman–Crippen LogP) is 3.24. The molecular weight excluding hydrogens is 517 g/mol. The van der Waals surface area contributed by atoms with Crippen molar-refractivity contribution in [2.45, 2.75) is 31.4 Å². The van der Waals surface area contributed by atoms with Crippen molar-refractivity contribution in [2.24, 2.45) is 4.99 Å². The van der Waals surface area contributed by atoms with E-state index in [4.69, 9.17) is 9.47 Å². The highest BCUT2D eigenvalue weighted by atomic mass is 127. The fourth-order valence-corrected chi connectivity index (χ4v) is 3.17. The molecule has 1 atom stereocenters. The number of hydrogen-bond acceptors (Lipinski definition) is 5. The van der Waals surface area contributed by atoms with E-state index in [1.807, 2.05) is 38.1 Å². The van der Waals surface area contributed by atoms with Crippen molar-refractivity contribution in [1.29, 1.82) is 0 Å². The molecule has 0 amide bonds. The lowest BCUT2D eigenvalue weighted by Gasteiger charge is -2.18. The maximum absolute atomic E-state index is 11.5. The Morgan fingerprint density at radius 1 is 1.10 bits per heavy atom. The lowest BCUT2D eigenvalue weighted by Crippen LogP contribution is -2.41. The van der Waals surface area contributed by atoms with E-state index >= 15 is 0 Å². The quantitative estimate of drug-likeness (QED) is 0.285. The van der Waals surface area contributed by atoms with Crippen LogP contribution in [0, 0.1) is 0 Å². The summed E-state index contributed by atoms with van der Waals surface area (Å²) in [6, 6.07) is 14.2. The van der Waals surface area contributed by atoms with Gasteiger partial charge < -0.3 is 20.1 Å². The topological polar surface area (TPSA) is 89.0 Å². The van der Waals surface area contributed by atoms with E-state index in [0.717, 1.165) is 23.6 Å². The second-order valence-electron chi connectivity index (χ2n) is 6.60. The van der Waals surface area contributed by atoms with Gasteiger partial charge in [0.1, 0.15) is 17.6 Å². The van der Waals surface area contributed by atoms with Crippen molar-refractivity contribution >= 4 is 39.8 Å². The van der Waals surface area contributed by atoms with Gasteiger partial charge in [-0.1, -0.05) is 18.2 Å².